The average molecular weight is 376 g/mol. The van der Waals surface area contributed by atoms with E-state index in [9.17, 15) is 14.4 Å². The Morgan fingerprint density at radius 1 is 1.15 bits per heavy atom. The fourth-order valence-corrected chi connectivity index (χ4v) is 3.13. The molecule has 27 heavy (non-hydrogen) atoms. The molecule has 10 nitrogen and oxygen atoms in total. The Hall–Kier alpha value is -3.04. The lowest BCUT2D eigenvalue weighted by atomic mass is 10.1. The number of ether oxygens (including phenoxy) is 1. The van der Waals surface area contributed by atoms with Gasteiger partial charge in [-0.3, -0.25) is 14.5 Å². The number of hydrogen-bond acceptors (Lipinski definition) is 7. The van der Waals surface area contributed by atoms with Crippen LogP contribution < -0.4 is 5.56 Å². The van der Waals surface area contributed by atoms with E-state index in [1.165, 1.54) is 9.80 Å². The number of oxazole rings is 1. The Labute approximate surface area is 154 Å². The summed E-state index contributed by atoms with van der Waals surface area (Å²) in [4.78, 5) is 43.6. The maximum Gasteiger partial charge on any atom is 0.411 e. The fraction of sp³-hybridized carbons (Fsp3) is 0.529. The summed E-state index contributed by atoms with van der Waals surface area (Å²) in [5.41, 5.74) is 0.280. The Bertz CT molecular complexity index is 939. The number of amides is 2. The summed E-state index contributed by atoms with van der Waals surface area (Å²) in [6, 6.07) is 0. The van der Waals surface area contributed by atoms with Crippen LogP contribution in [-0.4, -0.2) is 44.1 Å². The third-order valence-corrected chi connectivity index (χ3v) is 4.42. The molecule has 0 bridgehead atoms. The molecule has 2 aromatic rings. The van der Waals surface area contributed by atoms with E-state index < -0.39 is 11.7 Å². The minimum Gasteiger partial charge on any atom is -0.444 e. The summed E-state index contributed by atoms with van der Waals surface area (Å²) < 4.78 is 16.0. The van der Waals surface area contributed by atoms with Crippen molar-refractivity contribution < 1.29 is 23.3 Å². The van der Waals surface area contributed by atoms with Crippen LogP contribution in [0.15, 0.2) is 13.7 Å². The SMILES string of the molecule is CC(C)(C)OC(=O)N1Cc2nc(C(=O)N3CCc4c(o[nH]c4=O)C3)oc2C1. The highest BCUT2D eigenvalue weighted by Crippen LogP contribution is 2.26. The van der Waals surface area contributed by atoms with Gasteiger partial charge in [0.15, 0.2) is 5.76 Å². The lowest BCUT2D eigenvalue weighted by Gasteiger charge is -2.24. The van der Waals surface area contributed by atoms with Gasteiger partial charge in [0.1, 0.15) is 17.1 Å². The van der Waals surface area contributed by atoms with Gasteiger partial charge in [-0.2, -0.15) is 5.16 Å². The molecule has 0 aliphatic carbocycles. The maximum atomic E-state index is 12.7. The van der Waals surface area contributed by atoms with Gasteiger partial charge in [0.2, 0.25) is 0 Å². The first-order chi connectivity index (χ1) is 12.7. The van der Waals surface area contributed by atoms with Crippen molar-refractivity contribution in [2.45, 2.75) is 52.4 Å². The number of fused-ring (bicyclic) bond motifs is 2. The number of carbonyl (C=O) groups is 2. The predicted octanol–water partition coefficient (Wildman–Crippen LogP) is 1.41. The zero-order valence-corrected chi connectivity index (χ0v) is 15.3. The Morgan fingerprint density at radius 3 is 2.59 bits per heavy atom. The number of aromatic amines is 1. The summed E-state index contributed by atoms with van der Waals surface area (Å²) >= 11 is 0. The third-order valence-electron chi connectivity index (χ3n) is 4.42. The molecule has 0 radical (unpaired) electrons. The summed E-state index contributed by atoms with van der Waals surface area (Å²) in [5.74, 6) is 0.540. The first-order valence-electron chi connectivity index (χ1n) is 8.66. The predicted molar refractivity (Wildman–Crippen MR) is 89.8 cm³/mol. The van der Waals surface area contributed by atoms with Crippen molar-refractivity contribution in [3.05, 3.63) is 39.0 Å². The summed E-state index contributed by atoms with van der Waals surface area (Å²) in [6.07, 6.45) is -0.0330. The van der Waals surface area contributed by atoms with Gasteiger partial charge in [-0.15, -0.1) is 0 Å². The zero-order valence-electron chi connectivity index (χ0n) is 15.3. The van der Waals surface area contributed by atoms with Crippen molar-refractivity contribution in [1.82, 2.24) is 19.9 Å². The minimum atomic E-state index is -0.588. The van der Waals surface area contributed by atoms with E-state index in [2.05, 4.69) is 10.1 Å². The van der Waals surface area contributed by atoms with Crippen molar-refractivity contribution in [2.24, 2.45) is 0 Å². The van der Waals surface area contributed by atoms with Crippen LogP contribution in [0.2, 0.25) is 0 Å². The smallest absolute Gasteiger partial charge is 0.411 e. The molecule has 2 aliphatic rings. The molecule has 0 unspecified atom stereocenters. The van der Waals surface area contributed by atoms with Crippen molar-refractivity contribution in [3.63, 3.8) is 0 Å². The Balaban J connectivity index is 1.43. The highest BCUT2D eigenvalue weighted by Gasteiger charge is 2.35. The molecule has 0 atom stereocenters. The molecule has 0 spiro atoms. The van der Waals surface area contributed by atoms with Gasteiger partial charge in [-0.25, -0.2) is 9.78 Å². The first kappa shape index (κ1) is 17.4. The van der Waals surface area contributed by atoms with Crippen LogP contribution in [0, 0.1) is 0 Å². The van der Waals surface area contributed by atoms with Gasteiger partial charge in [-0.05, 0) is 27.2 Å². The van der Waals surface area contributed by atoms with Gasteiger partial charge in [0.05, 0.1) is 25.2 Å². The number of hydrogen-bond donors (Lipinski definition) is 1. The minimum absolute atomic E-state index is 0.0230. The van der Waals surface area contributed by atoms with Gasteiger partial charge < -0.3 is 18.6 Å². The molecular formula is C17H20N4O6. The molecule has 0 saturated heterocycles. The molecule has 144 valence electrons. The lowest BCUT2D eigenvalue weighted by Crippen LogP contribution is -2.37. The first-order valence-corrected chi connectivity index (χ1v) is 8.66. The molecule has 2 amide bonds. The van der Waals surface area contributed by atoms with Crippen molar-refractivity contribution in [3.8, 4) is 0 Å². The maximum absolute atomic E-state index is 12.7. The molecule has 2 aromatic heterocycles. The Morgan fingerprint density at radius 2 is 1.89 bits per heavy atom. The second-order valence-electron chi connectivity index (χ2n) is 7.64. The molecule has 0 aromatic carbocycles. The molecule has 1 N–H and O–H groups in total. The summed E-state index contributed by atoms with van der Waals surface area (Å²) in [6.45, 7) is 6.40. The highest BCUT2D eigenvalue weighted by atomic mass is 16.6. The highest BCUT2D eigenvalue weighted by molar-refractivity contribution is 5.90. The van der Waals surface area contributed by atoms with Gasteiger partial charge in [0, 0.05) is 6.54 Å². The van der Waals surface area contributed by atoms with Crippen LogP contribution in [0.25, 0.3) is 0 Å². The van der Waals surface area contributed by atoms with Crippen LogP contribution in [0.4, 0.5) is 4.79 Å². The molecule has 0 fully saturated rings. The van der Waals surface area contributed by atoms with Gasteiger partial charge in [-0.1, -0.05) is 0 Å². The topological polar surface area (TPSA) is 122 Å². The number of nitrogens with one attached hydrogen (secondary N) is 1. The number of aromatic nitrogens is 2. The Kier molecular flexibility index (Phi) is 3.86. The monoisotopic (exact) mass is 376 g/mol. The van der Waals surface area contributed by atoms with E-state index in [0.717, 1.165) is 0 Å². The molecule has 0 saturated carbocycles. The molecule has 10 heteroatoms. The van der Waals surface area contributed by atoms with E-state index in [-0.39, 0.29) is 37.0 Å². The number of carbonyl (C=O) groups excluding carboxylic acids is 2. The van der Waals surface area contributed by atoms with E-state index in [1.807, 2.05) is 0 Å². The van der Waals surface area contributed by atoms with Crippen LogP contribution >= 0.6 is 0 Å². The van der Waals surface area contributed by atoms with Crippen LogP contribution in [-0.2, 0) is 30.8 Å². The van der Waals surface area contributed by atoms with Crippen LogP contribution in [0.3, 0.4) is 0 Å². The largest absolute Gasteiger partial charge is 0.444 e. The van der Waals surface area contributed by atoms with Crippen LogP contribution in [0.5, 0.6) is 0 Å². The number of rotatable bonds is 1. The van der Waals surface area contributed by atoms with E-state index in [0.29, 0.717) is 35.7 Å². The van der Waals surface area contributed by atoms with Crippen molar-refractivity contribution in [1.29, 1.82) is 0 Å². The quantitative estimate of drug-likeness (QED) is 0.798. The summed E-state index contributed by atoms with van der Waals surface area (Å²) in [5, 5.41) is 2.28. The van der Waals surface area contributed by atoms with E-state index in [1.54, 1.807) is 20.8 Å². The second kappa shape index (κ2) is 6.00. The zero-order chi connectivity index (χ0) is 19.3. The standard InChI is InChI=1S/C17H20N4O6/c1-17(2,3)26-16(24)21-6-10-12(8-21)25-14(18-10)15(23)20-5-4-9-11(7-20)27-19-13(9)22/h4-8H2,1-3H3,(H,19,22). The molecule has 4 rings (SSSR count). The molecule has 2 aliphatic heterocycles. The summed E-state index contributed by atoms with van der Waals surface area (Å²) in [7, 11) is 0. The number of H-pyrrole nitrogens is 1. The van der Waals surface area contributed by atoms with Gasteiger partial charge >= 0.3 is 12.0 Å². The van der Waals surface area contributed by atoms with Crippen molar-refractivity contribution >= 4 is 12.0 Å². The molecular weight excluding hydrogens is 356 g/mol. The van der Waals surface area contributed by atoms with Gasteiger partial charge in [0.25, 0.3) is 11.4 Å². The average Bonchev–Trinajstić information content (AvgIpc) is 3.25. The third kappa shape index (κ3) is 3.22. The van der Waals surface area contributed by atoms with E-state index in [4.69, 9.17) is 13.7 Å². The van der Waals surface area contributed by atoms with Crippen LogP contribution in [0.1, 0.15) is 54.2 Å². The fourth-order valence-electron chi connectivity index (χ4n) is 3.13. The lowest BCUT2D eigenvalue weighted by molar-refractivity contribution is 0.0231. The van der Waals surface area contributed by atoms with Crippen molar-refractivity contribution in [2.75, 3.05) is 6.54 Å². The second-order valence-corrected chi connectivity index (χ2v) is 7.64. The van der Waals surface area contributed by atoms with E-state index >= 15 is 0 Å². The normalized spacial score (nSPS) is 16.3. The molecule has 4 heterocycles. The number of nitrogens with zero attached hydrogens (tertiary/aromatic N) is 3.